The minimum Gasteiger partial charge on any atom is -0.395 e. The summed E-state index contributed by atoms with van der Waals surface area (Å²) < 4.78 is 0. The van der Waals surface area contributed by atoms with Crippen LogP contribution < -0.4 is 5.73 Å². The van der Waals surface area contributed by atoms with Crippen molar-refractivity contribution in [1.29, 1.82) is 0 Å². The third-order valence-corrected chi connectivity index (χ3v) is 3.90. The van der Waals surface area contributed by atoms with Crippen molar-refractivity contribution in [3.8, 4) is 0 Å². The summed E-state index contributed by atoms with van der Waals surface area (Å²) in [5.74, 6) is -1.11. The molecular formula is C14H27N3O3. The van der Waals surface area contributed by atoms with Crippen LogP contribution in [0.1, 0.15) is 40.5 Å². The third-order valence-electron chi connectivity index (χ3n) is 3.90. The van der Waals surface area contributed by atoms with Crippen LogP contribution in [0.25, 0.3) is 0 Å². The Bertz CT molecular complexity index is 375. The number of likely N-dealkylation sites (tertiary alicyclic amines) is 1. The molecule has 0 aromatic heterocycles. The zero-order valence-corrected chi connectivity index (χ0v) is 13.1. The van der Waals surface area contributed by atoms with Crippen LogP contribution in [0.2, 0.25) is 0 Å². The quantitative estimate of drug-likeness (QED) is 0.696. The first-order valence-corrected chi connectivity index (χ1v) is 6.99. The Morgan fingerprint density at radius 1 is 1.25 bits per heavy atom. The molecule has 116 valence electrons. The summed E-state index contributed by atoms with van der Waals surface area (Å²) in [6, 6.07) is 0.0225. The lowest BCUT2D eigenvalue weighted by Crippen LogP contribution is -2.67. The van der Waals surface area contributed by atoms with Gasteiger partial charge >= 0.3 is 11.8 Å². The maximum absolute atomic E-state index is 12.6. The number of carbonyl (C=O) groups is 2. The molecule has 1 aliphatic rings. The molecule has 0 bridgehead atoms. The SMILES string of the molecule is CN(CCO)C(=O)C(=O)N1C(C)(C)CC(N)CC1(C)C. The fraction of sp³-hybridized carbons (Fsp3) is 0.857. The van der Waals surface area contributed by atoms with Crippen LogP contribution in [0.4, 0.5) is 0 Å². The lowest BCUT2D eigenvalue weighted by atomic mass is 9.77. The number of hydrogen-bond donors (Lipinski definition) is 2. The van der Waals surface area contributed by atoms with Gasteiger partial charge in [0.05, 0.1) is 6.61 Å². The number of aliphatic hydroxyl groups is 1. The molecule has 1 aliphatic heterocycles. The summed E-state index contributed by atoms with van der Waals surface area (Å²) in [5, 5.41) is 8.88. The molecule has 0 aliphatic carbocycles. The number of rotatable bonds is 2. The van der Waals surface area contributed by atoms with E-state index < -0.39 is 22.9 Å². The van der Waals surface area contributed by atoms with E-state index in [0.717, 1.165) is 0 Å². The van der Waals surface area contributed by atoms with Crippen LogP contribution in [0.5, 0.6) is 0 Å². The van der Waals surface area contributed by atoms with Crippen molar-refractivity contribution in [2.45, 2.75) is 57.7 Å². The Hall–Kier alpha value is -1.14. The number of carbonyl (C=O) groups excluding carboxylic acids is 2. The monoisotopic (exact) mass is 285 g/mol. The summed E-state index contributed by atoms with van der Waals surface area (Å²) in [4.78, 5) is 27.7. The smallest absolute Gasteiger partial charge is 0.312 e. The van der Waals surface area contributed by atoms with Gasteiger partial charge in [-0.05, 0) is 40.5 Å². The van der Waals surface area contributed by atoms with E-state index in [2.05, 4.69) is 0 Å². The fourth-order valence-corrected chi connectivity index (χ4v) is 3.42. The molecule has 1 fully saturated rings. The van der Waals surface area contributed by atoms with Gasteiger partial charge in [0.1, 0.15) is 0 Å². The largest absolute Gasteiger partial charge is 0.395 e. The molecule has 6 nitrogen and oxygen atoms in total. The molecule has 0 unspecified atom stereocenters. The van der Waals surface area contributed by atoms with Gasteiger partial charge in [0, 0.05) is 30.7 Å². The van der Waals surface area contributed by atoms with Gasteiger partial charge in [-0.2, -0.15) is 0 Å². The molecule has 1 heterocycles. The molecule has 1 saturated heterocycles. The topological polar surface area (TPSA) is 86.9 Å². The zero-order chi connectivity index (χ0) is 15.7. The summed E-state index contributed by atoms with van der Waals surface area (Å²) in [7, 11) is 1.52. The van der Waals surface area contributed by atoms with Crippen molar-refractivity contribution < 1.29 is 14.7 Å². The first-order valence-electron chi connectivity index (χ1n) is 6.99. The van der Waals surface area contributed by atoms with E-state index in [1.165, 1.54) is 11.9 Å². The summed E-state index contributed by atoms with van der Waals surface area (Å²) in [6.07, 6.45) is 1.33. The van der Waals surface area contributed by atoms with Crippen LogP contribution >= 0.6 is 0 Å². The molecule has 20 heavy (non-hydrogen) atoms. The highest BCUT2D eigenvalue weighted by molar-refractivity contribution is 6.35. The van der Waals surface area contributed by atoms with Gasteiger partial charge in [0.25, 0.3) is 0 Å². The van der Waals surface area contributed by atoms with E-state index >= 15 is 0 Å². The van der Waals surface area contributed by atoms with Crippen LogP contribution in [-0.4, -0.2) is 64.0 Å². The second kappa shape index (κ2) is 5.69. The third kappa shape index (κ3) is 3.30. The Morgan fingerprint density at radius 2 is 1.70 bits per heavy atom. The highest BCUT2D eigenvalue weighted by Gasteiger charge is 2.48. The number of hydrogen-bond acceptors (Lipinski definition) is 4. The zero-order valence-electron chi connectivity index (χ0n) is 13.1. The molecule has 0 spiro atoms. The van der Waals surface area contributed by atoms with Crippen LogP contribution in [0.15, 0.2) is 0 Å². The molecule has 0 aromatic carbocycles. The molecule has 0 aromatic rings. The Kier molecular flexibility index (Phi) is 4.82. The molecule has 6 heteroatoms. The number of piperidine rings is 1. The van der Waals surface area contributed by atoms with E-state index in [-0.39, 0.29) is 19.2 Å². The van der Waals surface area contributed by atoms with Gasteiger partial charge in [-0.3, -0.25) is 9.59 Å². The van der Waals surface area contributed by atoms with Crippen molar-refractivity contribution in [3.63, 3.8) is 0 Å². The minimum absolute atomic E-state index is 0.0225. The number of likely N-dealkylation sites (N-methyl/N-ethyl adjacent to an activating group) is 1. The summed E-state index contributed by atoms with van der Waals surface area (Å²) in [6.45, 7) is 7.73. The van der Waals surface area contributed by atoms with Crippen LogP contribution in [-0.2, 0) is 9.59 Å². The molecule has 3 N–H and O–H groups in total. The van der Waals surface area contributed by atoms with Crippen LogP contribution in [0.3, 0.4) is 0 Å². The number of aliphatic hydroxyl groups excluding tert-OH is 1. The van der Waals surface area contributed by atoms with E-state index in [4.69, 9.17) is 10.8 Å². The van der Waals surface area contributed by atoms with Crippen molar-refractivity contribution in [3.05, 3.63) is 0 Å². The van der Waals surface area contributed by atoms with Gasteiger partial charge in [0.15, 0.2) is 0 Å². The predicted octanol–water partition coefficient (Wildman–Crippen LogP) is -0.0560. The standard InChI is InChI=1S/C14H27N3O3/c1-13(2)8-10(15)9-14(3,4)17(13)12(20)11(19)16(5)6-7-18/h10,18H,6-9,15H2,1-5H3. The van der Waals surface area contributed by atoms with Gasteiger partial charge in [-0.1, -0.05) is 0 Å². The van der Waals surface area contributed by atoms with Crippen LogP contribution in [0, 0.1) is 0 Å². The molecule has 0 saturated carbocycles. The lowest BCUT2D eigenvalue weighted by molar-refractivity contribution is -0.163. The molecule has 0 radical (unpaired) electrons. The highest BCUT2D eigenvalue weighted by Crippen LogP contribution is 2.37. The Balaban J connectivity index is 3.02. The van der Waals surface area contributed by atoms with E-state index in [1.807, 2.05) is 27.7 Å². The van der Waals surface area contributed by atoms with Gasteiger partial charge < -0.3 is 20.6 Å². The highest BCUT2D eigenvalue weighted by atomic mass is 16.3. The van der Waals surface area contributed by atoms with Gasteiger partial charge in [0.2, 0.25) is 0 Å². The van der Waals surface area contributed by atoms with Crippen molar-refractivity contribution in [1.82, 2.24) is 9.80 Å². The lowest BCUT2D eigenvalue weighted by Gasteiger charge is -2.54. The Morgan fingerprint density at radius 3 is 2.10 bits per heavy atom. The normalized spacial score (nSPS) is 21.6. The second-order valence-electron chi connectivity index (χ2n) is 6.88. The summed E-state index contributed by atoms with van der Waals surface area (Å²) >= 11 is 0. The molecule has 1 rings (SSSR count). The fourth-order valence-electron chi connectivity index (χ4n) is 3.42. The number of amides is 2. The van der Waals surface area contributed by atoms with Gasteiger partial charge in [-0.25, -0.2) is 0 Å². The van der Waals surface area contributed by atoms with E-state index in [1.54, 1.807) is 4.90 Å². The van der Waals surface area contributed by atoms with E-state index in [0.29, 0.717) is 12.8 Å². The molecular weight excluding hydrogens is 258 g/mol. The second-order valence-corrected chi connectivity index (χ2v) is 6.88. The summed E-state index contributed by atoms with van der Waals surface area (Å²) in [5.41, 5.74) is 5.14. The average molecular weight is 285 g/mol. The molecule has 0 atom stereocenters. The average Bonchev–Trinajstić information content (AvgIpc) is 2.23. The Labute approximate surface area is 120 Å². The number of nitrogens with zero attached hydrogens (tertiary/aromatic N) is 2. The van der Waals surface area contributed by atoms with Crippen molar-refractivity contribution in [2.24, 2.45) is 5.73 Å². The predicted molar refractivity (Wildman–Crippen MR) is 76.9 cm³/mol. The minimum atomic E-state index is -0.587. The first-order chi connectivity index (χ1) is 9.03. The number of nitrogens with two attached hydrogens (primary N) is 1. The molecule has 2 amide bonds. The first kappa shape index (κ1) is 16.9. The maximum atomic E-state index is 12.6. The van der Waals surface area contributed by atoms with Gasteiger partial charge in [-0.15, -0.1) is 0 Å². The van der Waals surface area contributed by atoms with E-state index in [9.17, 15) is 9.59 Å². The van der Waals surface area contributed by atoms with Crippen molar-refractivity contribution >= 4 is 11.8 Å². The maximum Gasteiger partial charge on any atom is 0.312 e. The van der Waals surface area contributed by atoms with Crippen molar-refractivity contribution in [2.75, 3.05) is 20.2 Å².